The number of carbonyl (C=O) groups excluding carboxylic acids is 8. The number of anilines is 1. The van der Waals surface area contributed by atoms with Gasteiger partial charge in [-0.1, -0.05) is 61.0 Å². The Balaban J connectivity index is 0.000000315. The van der Waals surface area contributed by atoms with E-state index in [9.17, 15) is 43.5 Å². The minimum Gasteiger partial charge on any atom is -0.389 e. The highest BCUT2D eigenvalue weighted by Gasteiger charge is 2.45. The fraction of sp³-hybridized carbons (Fsp3) is 0.487. The smallest absolute Gasteiger partial charge is 0.262 e. The van der Waals surface area contributed by atoms with Crippen LogP contribution >= 0.6 is 0 Å². The number of aliphatic hydroxyl groups is 1. The van der Waals surface area contributed by atoms with Crippen molar-refractivity contribution in [1.82, 2.24) is 20.4 Å². The van der Waals surface area contributed by atoms with Crippen LogP contribution in [0.1, 0.15) is 128 Å². The highest BCUT2D eigenvalue weighted by Crippen LogP contribution is 2.32. The zero-order valence-electron chi connectivity index (χ0n) is 32.0. The van der Waals surface area contributed by atoms with E-state index in [-0.39, 0.29) is 54.4 Å². The van der Waals surface area contributed by atoms with Crippen LogP contribution < -0.4 is 15.5 Å². The maximum absolute atomic E-state index is 12.7. The van der Waals surface area contributed by atoms with Crippen LogP contribution in [0.5, 0.6) is 0 Å². The van der Waals surface area contributed by atoms with Crippen molar-refractivity contribution in [3.63, 3.8) is 0 Å². The SMILES string of the molecule is CC.CC.CCC.CCc1ccc(C(=O)N(C)C2CCC(=O)NC2=O)c(C=O)c1.O=C1CCC(N2C(=O)c3ccc(N4CC(O)C4)cc3C2=O)C(=O)N1. The minimum atomic E-state index is -0.954. The van der Waals surface area contributed by atoms with Gasteiger partial charge in [-0.05, 0) is 55.2 Å². The maximum atomic E-state index is 12.7. The molecule has 0 radical (unpaired) electrons. The third-order valence-corrected chi connectivity index (χ3v) is 8.53. The molecule has 53 heavy (non-hydrogen) atoms. The topological polar surface area (TPSA) is 191 Å². The van der Waals surface area contributed by atoms with Gasteiger partial charge in [0, 0.05) is 44.2 Å². The largest absolute Gasteiger partial charge is 0.389 e. The number of nitrogens with one attached hydrogen (secondary N) is 2. The molecule has 0 spiro atoms. The van der Waals surface area contributed by atoms with Crippen LogP contribution in [0.2, 0.25) is 0 Å². The number of aryl methyl sites for hydroxylation is 1. The Morgan fingerprint density at radius 3 is 1.92 bits per heavy atom. The fourth-order valence-corrected chi connectivity index (χ4v) is 5.83. The number of fused-ring (bicyclic) bond motifs is 1. The molecule has 2 unspecified atom stereocenters. The lowest BCUT2D eigenvalue weighted by atomic mass is 10.00. The molecule has 4 aliphatic heterocycles. The number of nitrogens with zero attached hydrogens (tertiary/aromatic N) is 3. The molecular formula is C39H53N5O9. The highest BCUT2D eigenvalue weighted by molar-refractivity contribution is 6.23. The summed E-state index contributed by atoms with van der Waals surface area (Å²) in [5, 5.41) is 13.8. The molecule has 4 aliphatic rings. The third-order valence-electron chi connectivity index (χ3n) is 8.53. The molecule has 0 aromatic heterocycles. The monoisotopic (exact) mass is 735 g/mol. The standard InChI is InChI=1S/C16H15N3O5.C16H18N2O4.C3H8.2C2H6/c20-9-6-18(7-9)8-1-2-10-11(5-8)16(24)19(15(10)23)12-3-4-13(21)17-14(12)22;1-3-10-4-5-12(11(8-10)9-19)16(22)18(2)13-6-7-14(20)17-15(13)21;1-3-2;2*1-2/h1-2,5,9,12,20H,3-4,6-7H2,(H,17,21,22);4-5,8-9,13H,3,6-7H2,1-2H3,(H,17,20,21);3H2,1-2H3;2*1-2H3. The van der Waals surface area contributed by atoms with Crippen LogP contribution in [-0.4, -0.2) is 101 Å². The van der Waals surface area contributed by atoms with Crippen molar-refractivity contribution < 1.29 is 43.5 Å². The fourth-order valence-electron chi connectivity index (χ4n) is 5.83. The molecular weight excluding hydrogens is 682 g/mol. The van der Waals surface area contributed by atoms with E-state index < -0.39 is 47.5 Å². The van der Waals surface area contributed by atoms with Crippen molar-refractivity contribution in [2.24, 2.45) is 0 Å². The summed E-state index contributed by atoms with van der Waals surface area (Å²) in [5.74, 6) is -3.27. The Morgan fingerprint density at radius 2 is 1.40 bits per heavy atom. The Hall–Kier alpha value is -5.24. The van der Waals surface area contributed by atoms with E-state index in [1.807, 2.05) is 39.5 Å². The second-order valence-electron chi connectivity index (χ2n) is 12.2. The molecule has 2 aromatic carbocycles. The number of imide groups is 3. The molecule has 0 bridgehead atoms. The molecule has 2 aromatic rings. The summed E-state index contributed by atoms with van der Waals surface area (Å²) in [4.78, 5) is 99.3. The van der Waals surface area contributed by atoms with E-state index in [1.165, 1.54) is 18.4 Å². The molecule has 3 saturated heterocycles. The number of aldehydes is 1. The Labute approximate surface area is 311 Å². The molecule has 2 atom stereocenters. The average Bonchev–Trinajstić information content (AvgIpc) is 3.39. The molecule has 0 saturated carbocycles. The van der Waals surface area contributed by atoms with Crippen molar-refractivity contribution in [2.75, 3.05) is 25.0 Å². The van der Waals surface area contributed by atoms with Crippen LogP contribution in [0.15, 0.2) is 36.4 Å². The van der Waals surface area contributed by atoms with Gasteiger partial charge >= 0.3 is 0 Å². The third kappa shape index (κ3) is 10.4. The first-order chi connectivity index (χ1) is 25.3. The summed E-state index contributed by atoms with van der Waals surface area (Å²) < 4.78 is 0. The van der Waals surface area contributed by atoms with Crippen molar-refractivity contribution in [3.05, 3.63) is 64.2 Å². The predicted molar refractivity (Wildman–Crippen MR) is 199 cm³/mol. The number of hydrogen-bond acceptors (Lipinski definition) is 10. The van der Waals surface area contributed by atoms with E-state index in [4.69, 9.17) is 0 Å². The molecule has 7 amide bonds. The van der Waals surface area contributed by atoms with Gasteiger partial charge in [0.15, 0.2) is 6.29 Å². The van der Waals surface area contributed by atoms with E-state index in [0.29, 0.717) is 24.9 Å². The number of piperidine rings is 2. The highest BCUT2D eigenvalue weighted by atomic mass is 16.3. The van der Waals surface area contributed by atoms with Crippen LogP contribution in [0.3, 0.4) is 0 Å². The van der Waals surface area contributed by atoms with Crippen molar-refractivity contribution in [3.8, 4) is 0 Å². The van der Waals surface area contributed by atoms with Gasteiger partial charge in [-0.3, -0.25) is 53.9 Å². The number of benzene rings is 2. The predicted octanol–water partition coefficient (Wildman–Crippen LogP) is 3.68. The number of carbonyl (C=O) groups is 8. The lowest BCUT2D eigenvalue weighted by Crippen LogP contribution is -2.54. The lowest BCUT2D eigenvalue weighted by molar-refractivity contribution is -0.137. The van der Waals surface area contributed by atoms with Gasteiger partial charge in [0.1, 0.15) is 12.1 Å². The number of β-amino-alcohol motifs (C(OH)–C–C–N with tert-alkyl or cyclic N) is 1. The molecule has 3 N–H and O–H groups in total. The number of rotatable bonds is 6. The number of amides is 7. The molecule has 0 aliphatic carbocycles. The number of hydrogen-bond donors (Lipinski definition) is 3. The van der Waals surface area contributed by atoms with Crippen molar-refractivity contribution >= 4 is 53.3 Å². The van der Waals surface area contributed by atoms with E-state index in [0.717, 1.165) is 22.6 Å². The van der Waals surface area contributed by atoms with Crippen LogP contribution in [-0.2, 0) is 25.6 Å². The molecule has 288 valence electrons. The van der Waals surface area contributed by atoms with Gasteiger partial charge in [0.2, 0.25) is 23.6 Å². The maximum Gasteiger partial charge on any atom is 0.262 e. The molecule has 14 nitrogen and oxygen atoms in total. The van der Waals surface area contributed by atoms with Crippen molar-refractivity contribution in [2.45, 2.75) is 105 Å². The van der Waals surface area contributed by atoms with Gasteiger partial charge in [0.25, 0.3) is 17.7 Å². The molecule has 6 rings (SSSR count). The normalized spacial score (nSPS) is 18.9. The summed E-state index contributed by atoms with van der Waals surface area (Å²) >= 11 is 0. The summed E-state index contributed by atoms with van der Waals surface area (Å²) in [6.45, 7) is 15.2. The van der Waals surface area contributed by atoms with Crippen LogP contribution in [0.4, 0.5) is 5.69 Å². The molecule has 4 heterocycles. The van der Waals surface area contributed by atoms with Crippen molar-refractivity contribution in [1.29, 1.82) is 0 Å². The van der Waals surface area contributed by atoms with Gasteiger partial charge in [-0.2, -0.15) is 0 Å². The minimum absolute atomic E-state index is 0.0979. The summed E-state index contributed by atoms with van der Waals surface area (Å²) in [6.07, 6.45) is 3.00. The van der Waals surface area contributed by atoms with Gasteiger partial charge < -0.3 is 14.9 Å². The summed E-state index contributed by atoms with van der Waals surface area (Å²) in [7, 11) is 1.50. The molecule has 14 heteroatoms. The van der Waals surface area contributed by atoms with E-state index >= 15 is 0 Å². The first-order valence-electron chi connectivity index (χ1n) is 18.3. The van der Waals surface area contributed by atoms with Gasteiger partial charge in [-0.25, -0.2) is 0 Å². The Kier molecular flexibility index (Phi) is 17.2. The van der Waals surface area contributed by atoms with Gasteiger partial charge in [0.05, 0.1) is 22.8 Å². The summed E-state index contributed by atoms with van der Waals surface area (Å²) in [6, 6.07) is 8.34. The second kappa shape index (κ2) is 20.7. The number of aliphatic hydroxyl groups excluding tert-OH is 1. The molecule has 3 fully saturated rings. The van der Waals surface area contributed by atoms with Crippen LogP contribution in [0.25, 0.3) is 0 Å². The second-order valence-corrected chi connectivity index (χ2v) is 12.2. The van der Waals surface area contributed by atoms with E-state index in [2.05, 4.69) is 24.5 Å². The quantitative estimate of drug-likeness (QED) is 0.292. The summed E-state index contributed by atoms with van der Waals surface area (Å²) in [5.41, 5.74) is 2.80. The lowest BCUT2D eigenvalue weighted by Gasteiger charge is -2.38. The van der Waals surface area contributed by atoms with E-state index in [1.54, 1.807) is 36.4 Å². The Morgan fingerprint density at radius 1 is 0.830 bits per heavy atom. The average molecular weight is 736 g/mol. The van der Waals surface area contributed by atoms with Gasteiger partial charge in [-0.15, -0.1) is 0 Å². The first-order valence-corrected chi connectivity index (χ1v) is 18.3. The Bertz CT molecular complexity index is 1690. The first kappa shape index (κ1) is 43.9. The zero-order valence-corrected chi connectivity index (χ0v) is 32.0. The van der Waals surface area contributed by atoms with Crippen LogP contribution in [0, 0.1) is 0 Å². The zero-order chi connectivity index (χ0) is 40.0. The number of likely N-dealkylation sites (N-methyl/N-ethyl adjacent to an activating group) is 1.